The SMILES string of the molecule is CCC(C)(CC#N)Cc1nc(-c2nccn2C)no1. The summed E-state index contributed by atoms with van der Waals surface area (Å²) < 4.78 is 7.10. The molecule has 0 aliphatic carbocycles. The van der Waals surface area contributed by atoms with Crippen molar-refractivity contribution in [2.45, 2.75) is 33.1 Å². The Labute approximate surface area is 112 Å². The molecule has 0 bridgehead atoms. The van der Waals surface area contributed by atoms with Gasteiger partial charge in [0.2, 0.25) is 11.7 Å². The van der Waals surface area contributed by atoms with Crippen LogP contribution in [-0.2, 0) is 13.5 Å². The summed E-state index contributed by atoms with van der Waals surface area (Å²) in [6.07, 6.45) is 5.49. The highest BCUT2D eigenvalue weighted by Gasteiger charge is 2.26. The zero-order valence-corrected chi connectivity index (χ0v) is 11.4. The van der Waals surface area contributed by atoms with E-state index in [1.165, 1.54) is 0 Å². The lowest BCUT2D eigenvalue weighted by molar-refractivity contribution is 0.266. The molecule has 2 aromatic rings. The summed E-state index contributed by atoms with van der Waals surface area (Å²) in [6.45, 7) is 4.12. The number of nitriles is 1. The van der Waals surface area contributed by atoms with E-state index in [4.69, 9.17) is 9.78 Å². The molecule has 100 valence electrons. The van der Waals surface area contributed by atoms with Gasteiger partial charge in [-0.25, -0.2) is 4.98 Å². The van der Waals surface area contributed by atoms with Crippen molar-refractivity contribution in [3.8, 4) is 17.7 Å². The average molecular weight is 259 g/mol. The van der Waals surface area contributed by atoms with Crippen LogP contribution in [0, 0.1) is 16.7 Å². The minimum absolute atomic E-state index is 0.125. The predicted octanol–water partition coefficient (Wildman–Crippen LogP) is 2.34. The van der Waals surface area contributed by atoms with Crippen LogP contribution in [0.15, 0.2) is 16.9 Å². The Balaban J connectivity index is 2.18. The normalized spacial score (nSPS) is 14.0. The molecule has 0 fully saturated rings. The van der Waals surface area contributed by atoms with E-state index in [9.17, 15) is 0 Å². The lowest BCUT2D eigenvalue weighted by Gasteiger charge is -2.22. The molecule has 1 atom stereocenters. The number of hydrogen-bond donors (Lipinski definition) is 0. The third-order valence-electron chi connectivity index (χ3n) is 3.43. The first-order valence-corrected chi connectivity index (χ1v) is 6.25. The largest absolute Gasteiger partial charge is 0.339 e. The van der Waals surface area contributed by atoms with E-state index in [1.54, 1.807) is 6.20 Å². The molecule has 2 rings (SSSR count). The maximum atomic E-state index is 8.87. The Morgan fingerprint density at radius 1 is 1.53 bits per heavy atom. The molecule has 19 heavy (non-hydrogen) atoms. The molecule has 6 nitrogen and oxygen atoms in total. The Bertz CT molecular complexity index is 594. The summed E-state index contributed by atoms with van der Waals surface area (Å²) in [5.74, 6) is 1.71. The van der Waals surface area contributed by atoms with Crippen molar-refractivity contribution < 1.29 is 4.52 Å². The van der Waals surface area contributed by atoms with Crippen molar-refractivity contribution >= 4 is 0 Å². The van der Waals surface area contributed by atoms with Gasteiger partial charge in [-0.1, -0.05) is 19.0 Å². The zero-order chi connectivity index (χ0) is 13.9. The third-order valence-corrected chi connectivity index (χ3v) is 3.43. The van der Waals surface area contributed by atoms with E-state index in [2.05, 4.69) is 35.0 Å². The molecule has 0 radical (unpaired) electrons. The molecular formula is C13H17N5O. The topological polar surface area (TPSA) is 80.5 Å². The van der Waals surface area contributed by atoms with Gasteiger partial charge >= 0.3 is 0 Å². The van der Waals surface area contributed by atoms with Gasteiger partial charge in [0.05, 0.1) is 6.07 Å². The second-order valence-corrected chi connectivity index (χ2v) is 5.05. The Kier molecular flexibility index (Phi) is 3.65. The number of rotatable bonds is 5. The molecule has 0 aliphatic rings. The Hall–Kier alpha value is -2.16. The van der Waals surface area contributed by atoms with Crippen molar-refractivity contribution in [1.29, 1.82) is 5.26 Å². The predicted molar refractivity (Wildman–Crippen MR) is 68.8 cm³/mol. The highest BCUT2D eigenvalue weighted by Crippen LogP contribution is 2.29. The molecule has 0 saturated heterocycles. The molecule has 2 aromatic heterocycles. The summed E-state index contributed by atoms with van der Waals surface area (Å²) in [6, 6.07) is 2.22. The van der Waals surface area contributed by atoms with Crippen molar-refractivity contribution in [3.05, 3.63) is 18.3 Å². The molecule has 0 aromatic carbocycles. The van der Waals surface area contributed by atoms with Gasteiger partial charge in [0.1, 0.15) is 0 Å². The Morgan fingerprint density at radius 3 is 2.89 bits per heavy atom. The standard InChI is InChI=1S/C13H17N5O/c1-4-13(2,5-6-14)9-10-16-11(17-19-10)12-15-7-8-18(12)3/h7-8H,4-5,9H2,1-3H3. The number of nitrogens with zero attached hydrogens (tertiary/aromatic N) is 5. The van der Waals surface area contributed by atoms with Gasteiger partial charge in [0.15, 0.2) is 5.82 Å². The van der Waals surface area contributed by atoms with E-state index in [0.717, 1.165) is 6.42 Å². The van der Waals surface area contributed by atoms with Gasteiger partial charge in [-0.2, -0.15) is 10.2 Å². The van der Waals surface area contributed by atoms with Crippen LogP contribution in [0.25, 0.3) is 11.6 Å². The van der Waals surface area contributed by atoms with E-state index < -0.39 is 0 Å². The highest BCUT2D eigenvalue weighted by atomic mass is 16.5. The van der Waals surface area contributed by atoms with Crippen LogP contribution in [0.5, 0.6) is 0 Å². The minimum Gasteiger partial charge on any atom is -0.339 e. The summed E-state index contributed by atoms with van der Waals surface area (Å²) >= 11 is 0. The van der Waals surface area contributed by atoms with Gasteiger partial charge in [0.25, 0.3) is 0 Å². The average Bonchev–Trinajstić information content (AvgIpc) is 2.98. The van der Waals surface area contributed by atoms with Crippen molar-refractivity contribution in [2.24, 2.45) is 12.5 Å². The van der Waals surface area contributed by atoms with Crippen molar-refractivity contribution in [1.82, 2.24) is 19.7 Å². The van der Waals surface area contributed by atoms with E-state index in [1.807, 2.05) is 17.8 Å². The van der Waals surface area contributed by atoms with E-state index in [-0.39, 0.29) is 5.41 Å². The fraction of sp³-hybridized carbons (Fsp3) is 0.538. The quantitative estimate of drug-likeness (QED) is 0.823. The molecule has 0 spiro atoms. The molecule has 0 N–H and O–H groups in total. The zero-order valence-electron chi connectivity index (χ0n) is 11.4. The van der Waals surface area contributed by atoms with Crippen LogP contribution in [-0.4, -0.2) is 19.7 Å². The van der Waals surface area contributed by atoms with Crippen molar-refractivity contribution in [2.75, 3.05) is 0 Å². The lowest BCUT2D eigenvalue weighted by Crippen LogP contribution is -2.18. The Morgan fingerprint density at radius 2 is 2.32 bits per heavy atom. The number of aryl methyl sites for hydroxylation is 1. The molecule has 0 saturated carbocycles. The highest BCUT2D eigenvalue weighted by molar-refractivity contribution is 5.42. The van der Waals surface area contributed by atoms with E-state index >= 15 is 0 Å². The van der Waals surface area contributed by atoms with Crippen molar-refractivity contribution in [3.63, 3.8) is 0 Å². The van der Waals surface area contributed by atoms with Crippen LogP contribution >= 0.6 is 0 Å². The maximum absolute atomic E-state index is 8.87. The van der Waals surface area contributed by atoms with Crippen LogP contribution in [0.1, 0.15) is 32.6 Å². The van der Waals surface area contributed by atoms with Crippen LogP contribution in [0.4, 0.5) is 0 Å². The lowest BCUT2D eigenvalue weighted by atomic mass is 9.81. The number of imidazole rings is 1. The first kappa shape index (κ1) is 13.3. The van der Waals surface area contributed by atoms with Crippen LogP contribution in [0.2, 0.25) is 0 Å². The van der Waals surface area contributed by atoms with Gasteiger partial charge in [0, 0.05) is 32.3 Å². The third kappa shape index (κ3) is 2.81. The van der Waals surface area contributed by atoms with Gasteiger partial charge in [-0.3, -0.25) is 0 Å². The fourth-order valence-electron chi connectivity index (χ4n) is 1.87. The molecule has 6 heteroatoms. The summed E-state index contributed by atoms with van der Waals surface area (Å²) in [5, 5.41) is 12.8. The molecule has 1 unspecified atom stereocenters. The minimum atomic E-state index is -0.125. The van der Waals surface area contributed by atoms with Crippen LogP contribution in [0.3, 0.4) is 0 Å². The van der Waals surface area contributed by atoms with Gasteiger partial charge in [-0.15, -0.1) is 0 Å². The second-order valence-electron chi connectivity index (χ2n) is 5.05. The smallest absolute Gasteiger partial charge is 0.238 e. The number of aromatic nitrogens is 4. The monoisotopic (exact) mass is 259 g/mol. The first-order valence-electron chi connectivity index (χ1n) is 6.25. The summed E-state index contributed by atoms with van der Waals surface area (Å²) in [5.41, 5.74) is -0.125. The molecule has 0 aliphatic heterocycles. The van der Waals surface area contributed by atoms with Crippen LogP contribution < -0.4 is 0 Å². The van der Waals surface area contributed by atoms with Gasteiger partial charge in [-0.05, 0) is 11.8 Å². The second kappa shape index (κ2) is 5.22. The first-order chi connectivity index (χ1) is 9.08. The van der Waals surface area contributed by atoms with Gasteiger partial charge < -0.3 is 9.09 Å². The molecule has 2 heterocycles. The molecular weight excluding hydrogens is 242 g/mol. The summed E-state index contributed by atoms with van der Waals surface area (Å²) in [7, 11) is 1.88. The fourth-order valence-corrected chi connectivity index (χ4v) is 1.87. The summed E-state index contributed by atoms with van der Waals surface area (Å²) in [4.78, 5) is 8.54. The van der Waals surface area contributed by atoms with E-state index in [0.29, 0.717) is 30.4 Å². The maximum Gasteiger partial charge on any atom is 0.238 e. The number of hydrogen-bond acceptors (Lipinski definition) is 5. The molecule has 0 amide bonds.